The van der Waals surface area contributed by atoms with Crippen molar-refractivity contribution in [2.75, 3.05) is 13.7 Å². The minimum atomic E-state index is -2.96. The lowest BCUT2D eigenvalue weighted by molar-refractivity contribution is -0.129. The van der Waals surface area contributed by atoms with Gasteiger partial charge < -0.3 is 10.5 Å². The van der Waals surface area contributed by atoms with Crippen LogP contribution in [-0.2, 0) is 10.3 Å². The van der Waals surface area contributed by atoms with Gasteiger partial charge >= 0.3 is 6.61 Å². The number of nitrogens with zero attached hydrogens (tertiary/aromatic N) is 2. The number of benzene rings is 2. The van der Waals surface area contributed by atoms with E-state index in [0.717, 1.165) is 0 Å². The van der Waals surface area contributed by atoms with Gasteiger partial charge in [0.05, 0.1) is 0 Å². The Morgan fingerprint density at radius 2 is 1.93 bits per heavy atom. The summed E-state index contributed by atoms with van der Waals surface area (Å²) in [4.78, 5) is 18.7. The van der Waals surface area contributed by atoms with E-state index in [2.05, 4.69) is 21.6 Å². The minimum Gasteiger partial charge on any atom is -0.435 e. The molecule has 0 radical (unpaired) electrons. The van der Waals surface area contributed by atoms with Crippen LogP contribution in [0, 0.1) is 11.8 Å². The molecule has 0 aliphatic carbocycles. The van der Waals surface area contributed by atoms with E-state index in [1.807, 2.05) is 0 Å². The van der Waals surface area contributed by atoms with E-state index >= 15 is 0 Å². The van der Waals surface area contributed by atoms with E-state index in [1.165, 1.54) is 36.2 Å². The number of carbonyl (C=O) groups is 1. The molecule has 8 heteroatoms. The molecule has 5 nitrogen and oxygen atoms in total. The van der Waals surface area contributed by atoms with Crippen LogP contribution in [0.4, 0.5) is 13.2 Å². The number of alkyl halides is 3. The summed E-state index contributed by atoms with van der Waals surface area (Å²) in [5.41, 5.74) is 5.77. The fourth-order valence-electron chi connectivity index (χ4n) is 3.02. The Balaban J connectivity index is 2.15. The molecule has 0 spiro atoms. The maximum atomic E-state index is 13.1. The third-order valence-electron chi connectivity index (χ3n) is 4.32. The van der Waals surface area contributed by atoms with Gasteiger partial charge in [0.2, 0.25) is 0 Å². The van der Waals surface area contributed by atoms with E-state index in [-0.39, 0.29) is 11.7 Å². The number of ether oxygens (including phenoxy) is 1. The summed E-state index contributed by atoms with van der Waals surface area (Å²) >= 11 is 0. The van der Waals surface area contributed by atoms with Crippen LogP contribution < -0.4 is 10.5 Å². The molecule has 2 N–H and O–H groups in total. The lowest BCUT2D eigenvalue weighted by Crippen LogP contribution is -2.41. The van der Waals surface area contributed by atoms with Crippen molar-refractivity contribution in [3.63, 3.8) is 0 Å². The van der Waals surface area contributed by atoms with Crippen LogP contribution in [-0.4, -0.2) is 37.1 Å². The van der Waals surface area contributed by atoms with Gasteiger partial charge in [0.1, 0.15) is 5.75 Å². The van der Waals surface area contributed by atoms with E-state index in [9.17, 15) is 18.0 Å². The molecule has 1 amide bonds. The molecule has 0 unspecified atom stereocenters. The second-order valence-electron chi connectivity index (χ2n) is 5.96. The van der Waals surface area contributed by atoms with Crippen molar-refractivity contribution in [1.29, 1.82) is 0 Å². The summed E-state index contributed by atoms with van der Waals surface area (Å²) in [7, 11) is 1.49. The van der Waals surface area contributed by atoms with Crippen LogP contribution >= 0.6 is 0 Å². The quantitative estimate of drug-likeness (QED) is 0.821. The van der Waals surface area contributed by atoms with E-state index in [0.29, 0.717) is 16.7 Å². The lowest BCUT2D eigenvalue weighted by atomic mass is 9.82. The number of likely N-dealkylation sites (N-methyl/N-ethyl adjacent to an activating group) is 1. The maximum Gasteiger partial charge on any atom is 0.387 e. The average Bonchev–Trinajstić information content (AvgIpc) is 2.92. The van der Waals surface area contributed by atoms with Crippen molar-refractivity contribution >= 4 is 11.9 Å². The summed E-state index contributed by atoms with van der Waals surface area (Å²) in [6.07, 6.45) is 0. The van der Waals surface area contributed by atoms with Crippen molar-refractivity contribution in [1.82, 2.24) is 4.90 Å². The van der Waals surface area contributed by atoms with Crippen LogP contribution in [0.1, 0.15) is 16.7 Å². The second-order valence-corrected chi connectivity index (χ2v) is 5.96. The average molecular weight is 387 g/mol. The zero-order valence-electron chi connectivity index (χ0n) is 14.8. The van der Waals surface area contributed by atoms with Crippen molar-refractivity contribution in [3.05, 3.63) is 65.2 Å². The normalized spacial score (nSPS) is 18.7. The molecular formula is C20H16F3N3O2. The van der Waals surface area contributed by atoms with Crippen LogP contribution in [0.3, 0.4) is 0 Å². The van der Waals surface area contributed by atoms with Crippen LogP contribution in [0.15, 0.2) is 53.5 Å². The number of carbonyl (C=O) groups excluding carboxylic acids is 1. The Kier molecular flexibility index (Phi) is 5.27. The summed E-state index contributed by atoms with van der Waals surface area (Å²) in [6.45, 7) is -3.76. The third-order valence-corrected chi connectivity index (χ3v) is 4.32. The van der Waals surface area contributed by atoms with Crippen LogP contribution in [0.2, 0.25) is 0 Å². The van der Waals surface area contributed by atoms with E-state index in [4.69, 9.17) is 5.73 Å². The first-order valence-electron chi connectivity index (χ1n) is 8.22. The van der Waals surface area contributed by atoms with Gasteiger partial charge in [0, 0.05) is 12.6 Å². The highest BCUT2D eigenvalue weighted by molar-refractivity contribution is 6.08. The van der Waals surface area contributed by atoms with Gasteiger partial charge in [-0.1, -0.05) is 36.1 Å². The number of rotatable bonds is 4. The number of aliphatic imine (C=N–C) groups is 1. The number of halogens is 3. The smallest absolute Gasteiger partial charge is 0.387 e. The highest BCUT2D eigenvalue weighted by atomic mass is 19.3. The Morgan fingerprint density at radius 3 is 2.50 bits per heavy atom. The van der Waals surface area contributed by atoms with Crippen LogP contribution in [0.5, 0.6) is 5.75 Å². The zero-order valence-corrected chi connectivity index (χ0v) is 14.8. The largest absolute Gasteiger partial charge is 0.435 e. The van der Waals surface area contributed by atoms with Gasteiger partial charge in [-0.05, 0) is 35.4 Å². The van der Waals surface area contributed by atoms with Crippen molar-refractivity contribution in [3.8, 4) is 17.6 Å². The minimum absolute atomic E-state index is 0.0122. The van der Waals surface area contributed by atoms with Gasteiger partial charge in [-0.15, -0.1) is 0 Å². The molecular weight excluding hydrogens is 371 g/mol. The van der Waals surface area contributed by atoms with Crippen molar-refractivity contribution < 1.29 is 22.7 Å². The van der Waals surface area contributed by atoms with E-state index < -0.39 is 24.7 Å². The molecule has 28 heavy (non-hydrogen) atoms. The number of hydrogen-bond donors (Lipinski definition) is 1. The van der Waals surface area contributed by atoms with Crippen LogP contribution in [0.25, 0.3) is 0 Å². The molecule has 1 aliphatic heterocycles. The monoisotopic (exact) mass is 387 g/mol. The Morgan fingerprint density at radius 1 is 1.21 bits per heavy atom. The summed E-state index contributed by atoms with van der Waals surface area (Å²) in [5.74, 6) is 4.54. The van der Waals surface area contributed by atoms with E-state index in [1.54, 1.807) is 24.3 Å². The predicted octanol–water partition coefficient (Wildman–Crippen LogP) is 2.64. The topological polar surface area (TPSA) is 67.9 Å². The summed E-state index contributed by atoms with van der Waals surface area (Å²) in [5, 5.41) is 0. The molecule has 1 heterocycles. The number of hydrogen-bond acceptors (Lipinski definition) is 4. The molecule has 1 aliphatic rings. The molecule has 0 saturated heterocycles. The standard InChI is InChI=1S/C20H16F3N3O2/c1-26-17(27)20(25-19(26)24,14-7-9-16(10-8-14)28-18(22)23)15-6-2-4-13(12-15)5-3-11-21/h2,4,6-10,12,18H,11H2,1H3,(H2,24,25)/t20-/m1/s1. The fourth-order valence-corrected chi connectivity index (χ4v) is 3.02. The molecule has 0 aromatic heterocycles. The molecule has 144 valence electrons. The van der Waals surface area contributed by atoms with Gasteiger partial charge in [0.25, 0.3) is 5.91 Å². The Bertz CT molecular complexity index is 980. The van der Waals surface area contributed by atoms with Gasteiger partial charge in [-0.3, -0.25) is 9.69 Å². The Labute approximate surface area is 159 Å². The number of guanidine groups is 1. The molecule has 1 atom stereocenters. The molecule has 0 fully saturated rings. The highest BCUT2D eigenvalue weighted by Crippen LogP contribution is 2.40. The first kappa shape index (κ1) is 19.3. The third kappa shape index (κ3) is 3.39. The molecule has 3 rings (SSSR count). The van der Waals surface area contributed by atoms with Gasteiger partial charge in [0.15, 0.2) is 18.2 Å². The number of nitrogens with two attached hydrogens (primary N) is 1. The summed E-state index contributed by atoms with van der Waals surface area (Å²) in [6, 6.07) is 12.3. The molecule has 0 saturated carbocycles. The van der Waals surface area contributed by atoms with Crippen molar-refractivity contribution in [2.24, 2.45) is 10.7 Å². The maximum absolute atomic E-state index is 13.1. The predicted molar refractivity (Wildman–Crippen MR) is 97.5 cm³/mol. The summed E-state index contributed by atoms with van der Waals surface area (Å²) < 4.78 is 41.6. The van der Waals surface area contributed by atoms with Gasteiger partial charge in [-0.25, -0.2) is 9.38 Å². The number of amides is 1. The fraction of sp³-hybridized carbons (Fsp3) is 0.200. The van der Waals surface area contributed by atoms with Gasteiger partial charge in [-0.2, -0.15) is 8.78 Å². The SMILES string of the molecule is CN1C(=O)[C@@](c2ccc(OC(F)F)cc2)(c2cccc(C#CCF)c2)N=C1N. The second kappa shape index (κ2) is 7.64. The molecule has 2 aromatic rings. The first-order valence-corrected chi connectivity index (χ1v) is 8.22. The molecule has 2 aromatic carbocycles. The lowest BCUT2D eigenvalue weighted by Gasteiger charge is -2.26. The van der Waals surface area contributed by atoms with Crippen molar-refractivity contribution in [2.45, 2.75) is 12.2 Å². The molecule has 0 bridgehead atoms. The highest BCUT2D eigenvalue weighted by Gasteiger charge is 2.49. The first-order chi connectivity index (χ1) is 13.4. The zero-order chi connectivity index (χ0) is 20.3. The Hall–Kier alpha value is -3.47.